The Kier molecular flexibility index (Phi) is 6.87. The van der Waals surface area contributed by atoms with E-state index in [0.29, 0.717) is 28.8 Å². The summed E-state index contributed by atoms with van der Waals surface area (Å²) < 4.78 is 5.33. The molecular weight excluding hydrogens is 432 g/mol. The van der Waals surface area contributed by atoms with Crippen molar-refractivity contribution in [1.82, 2.24) is 25.5 Å². The number of urea groups is 1. The van der Waals surface area contributed by atoms with Gasteiger partial charge in [-0.2, -0.15) is 0 Å². The molecule has 4 rings (SSSR count). The molecule has 0 bridgehead atoms. The smallest absolute Gasteiger partial charge is 0.338 e. The predicted molar refractivity (Wildman–Crippen MR) is 120 cm³/mol. The van der Waals surface area contributed by atoms with Gasteiger partial charge in [0.05, 0.1) is 18.2 Å². The zero-order valence-electron chi connectivity index (χ0n) is 17.8. The molecule has 2 aliphatic heterocycles. The molecule has 2 amide bonds. The van der Waals surface area contributed by atoms with E-state index in [0.717, 1.165) is 31.7 Å². The first-order chi connectivity index (χ1) is 15.5. The topological polar surface area (TPSA) is 99.7 Å². The van der Waals surface area contributed by atoms with E-state index in [2.05, 4.69) is 30.4 Å². The van der Waals surface area contributed by atoms with Gasteiger partial charge in [0.1, 0.15) is 0 Å². The molecule has 1 aromatic heterocycles. The molecule has 0 aliphatic carbocycles. The fourth-order valence-corrected chi connectivity index (χ4v) is 4.11. The van der Waals surface area contributed by atoms with Crippen molar-refractivity contribution in [1.29, 1.82) is 0 Å². The number of carbonyl (C=O) groups excluding carboxylic acids is 2. The Balaban J connectivity index is 1.56. The number of nitrogens with zero attached hydrogens (tertiary/aromatic N) is 4. The van der Waals surface area contributed by atoms with Crippen molar-refractivity contribution in [2.24, 2.45) is 0 Å². The van der Waals surface area contributed by atoms with Gasteiger partial charge >= 0.3 is 12.0 Å². The Morgan fingerprint density at radius 2 is 1.94 bits per heavy atom. The quantitative estimate of drug-likeness (QED) is 0.642. The van der Waals surface area contributed by atoms with Crippen LogP contribution in [0.15, 0.2) is 54.0 Å². The lowest BCUT2D eigenvalue weighted by atomic mass is 9.95. The summed E-state index contributed by atoms with van der Waals surface area (Å²) in [5, 5.41) is 6.19. The van der Waals surface area contributed by atoms with Crippen molar-refractivity contribution < 1.29 is 14.3 Å². The normalized spacial score (nSPS) is 19.4. The summed E-state index contributed by atoms with van der Waals surface area (Å²) in [5.41, 5.74) is 1.66. The zero-order chi connectivity index (χ0) is 22.5. The Bertz CT molecular complexity index is 1010. The maximum absolute atomic E-state index is 12.9. The first-order valence-corrected chi connectivity index (χ1v) is 10.9. The average Bonchev–Trinajstić information content (AvgIpc) is 2.80. The van der Waals surface area contributed by atoms with Gasteiger partial charge in [-0.05, 0) is 30.7 Å². The minimum absolute atomic E-state index is 0.238. The van der Waals surface area contributed by atoms with Crippen LogP contribution in [0.4, 0.5) is 10.7 Å². The maximum atomic E-state index is 12.9. The molecule has 9 nitrogen and oxygen atoms in total. The van der Waals surface area contributed by atoms with Gasteiger partial charge in [-0.15, -0.1) is 0 Å². The van der Waals surface area contributed by atoms with E-state index >= 15 is 0 Å². The van der Waals surface area contributed by atoms with E-state index in [1.807, 2.05) is 6.07 Å². The molecular formula is C22H25ClN6O3. The van der Waals surface area contributed by atoms with Crippen LogP contribution in [-0.2, 0) is 9.53 Å². The summed E-state index contributed by atoms with van der Waals surface area (Å²) in [6.45, 7) is 5.38. The second-order valence-corrected chi connectivity index (χ2v) is 7.95. The number of ether oxygens (including phenoxy) is 1. The standard InChI is InChI=1S/C22H25ClN6O3/c1-2-32-20(30)18-17(26-22(31)27-19(18)15-5-3-6-16(23)13-15)14-28-9-11-29(12-10-28)21-24-7-4-8-25-21/h3-8,13,19H,2,9-12,14H2,1H3,(H2,26,27,31). The van der Waals surface area contributed by atoms with Crippen LogP contribution in [0.1, 0.15) is 18.5 Å². The molecule has 32 heavy (non-hydrogen) atoms. The number of nitrogens with one attached hydrogen (secondary N) is 2. The molecule has 1 unspecified atom stereocenters. The Labute approximate surface area is 191 Å². The van der Waals surface area contributed by atoms with E-state index in [9.17, 15) is 9.59 Å². The minimum Gasteiger partial charge on any atom is -0.463 e. The number of amides is 2. The highest BCUT2D eigenvalue weighted by Gasteiger charge is 2.34. The Morgan fingerprint density at radius 3 is 2.62 bits per heavy atom. The van der Waals surface area contributed by atoms with Crippen LogP contribution in [-0.4, -0.2) is 66.2 Å². The number of esters is 1. The summed E-state index contributed by atoms with van der Waals surface area (Å²) >= 11 is 6.16. The highest BCUT2D eigenvalue weighted by Crippen LogP contribution is 2.29. The maximum Gasteiger partial charge on any atom is 0.338 e. The second kappa shape index (κ2) is 9.97. The lowest BCUT2D eigenvalue weighted by molar-refractivity contribution is -0.139. The number of hydrogen-bond acceptors (Lipinski definition) is 7. The van der Waals surface area contributed by atoms with Crippen LogP contribution in [0.25, 0.3) is 0 Å². The van der Waals surface area contributed by atoms with Gasteiger partial charge in [0, 0.05) is 55.8 Å². The molecule has 1 saturated heterocycles. The number of aromatic nitrogens is 2. The lowest BCUT2D eigenvalue weighted by Gasteiger charge is -2.37. The average molecular weight is 457 g/mol. The minimum atomic E-state index is -0.643. The monoisotopic (exact) mass is 456 g/mol. The van der Waals surface area contributed by atoms with Gasteiger partial charge in [0.2, 0.25) is 5.95 Å². The van der Waals surface area contributed by atoms with E-state index < -0.39 is 12.0 Å². The van der Waals surface area contributed by atoms with Crippen LogP contribution in [0.5, 0.6) is 0 Å². The van der Waals surface area contributed by atoms with Crippen molar-refractivity contribution in [2.75, 3.05) is 44.2 Å². The molecule has 1 aromatic carbocycles. The zero-order valence-corrected chi connectivity index (χ0v) is 18.5. The van der Waals surface area contributed by atoms with Crippen molar-refractivity contribution in [3.8, 4) is 0 Å². The molecule has 0 radical (unpaired) electrons. The second-order valence-electron chi connectivity index (χ2n) is 7.51. The molecule has 1 atom stereocenters. The Morgan fingerprint density at radius 1 is 1.19 bits per heavy atom. The molecule has 2 N–H and O–H groups in total. The molecule has 10 heteroatoms. The van der Waals surface area contributed by atoms with Crippen LogP contribution >= 0.6 is 11.6 Å². The molecule has 2 aliphatic rings. The largest absolute Gasteiger partial charge is 0.463 e. The van der Waals surface area contributed by atoms with Gasteiger partial charge in [0.15, 0.2) is 0 Å². The molecule has 3 heterocycles. The van der Waals surface area contributed by atoms with Crippen LogP contribution in [0.3, 0.4) is 0 Å². The lowest BCUT2D eigenvalue weighted by Crippen LogP contribution is -2.52. The fourth-order valence-electron chi connectivity index (χ4n) is 3.91. The van der Waals surface area contributed by atoms with Gasteiger partial charge in [-0.3, -0.25) is 4.90 Å². The number of halogens is 1. The van der Waals surface area contributed by atoms with Crippen LogP contribution < -0.4 is 15.5 Å². The fraction of sp³-hybridized carbons (Fsp3) is 0.364. The molecule has 2 aromatic rings. The molecule has 0 saturated carbocycles. The number of hydrogen-bond donors (Lipinski definition) is 2. The van der Waals surface area contributed by atoms with E-state index in [-0.39, 0.29) is 12.6 Å². The van der Waals surface area contributed by atoms with E-state index in [1.165, 1.54) is 0 Å². The first kappa shape index (κ1) is 22.0. The van der Waals surface area contributed by atoms with Crippen LogP contribution in [0.2, 0.25) is 5.02 Å². The predicted octanol–water partition coefficient (Wildman–Crippen LogP) is 2.12. The number of benzene rings is 1. The van der Waals surface area contributed by atoms with E-state index in [1.54, 1.807) is 43.6 Å². The molecule has 1 fully saturated rings. The number of carbonyl (C=O) groups is 2. The van der Waals surface area contributed by atoms with Crippen molar-refractivity contribution in [3.05, 3.63) is 64.6 Å². The summed E-state index contributed by atoms with van der Waals surface area (Å²) in [5.74, 6) is 0.242. The number of rotatable bonds is 6. The summed E-state index contributed by atoms with van der Waals surface area (Å²) in [7, 11) is 0. The van der Waals surface area contributed by atoms with Gasteiger partial charge in [-0.1, -0.05) is 23.7 Å². The van der Waals surface area contributed by atoms with Crippen molar-refractivity contribution >= 4 is 29.5 Å². The summed E-state index contributed by atoms with van der Waals surface area (Å²) in [6, 6.07) is 7.90. The Hall–Kier alpha value is -3.17. The SMILES string of the molecule is CCOC(=O)C1=C(CN2CCN(c3ncccn3)CC2)NC(=O)NC1c1cccc(Cl)c1. The highest BCUT2D eigenvalue weighted by molar-refractivity contribution is 6.30. The molecule has 168 valence electrons. The first-order valence-electron chi connectivity index (χ1n) is 10.5. The number of anilines is 1. The van der Waals surface area contributed by atoms with Crippen LogP contribution in [0, 0.1) is 0 Å². The summed E-state index contributed by atoms with van der Waals surface area (Å²) in [6.07, 6.45) is 3.46. The summed E-state index contributed by atoms with van der Waals surface area (Å²) in [4.78, 5) is 38.3. The van der Waals surface area contributed by atoms with Gasteiger partial charge < -0.3 is 20.3 Å². The van der Waals surface area contributed by atoms with Crippen molar-refractivity contribution in [3.63, 3.8) is 0 Å². The van der Waals surface area contributed by atoms with E-state index in [4.69, 9.17) is 16.3 Å². The third-order valence-electron chi connectivity index (χ3n) is 5.42. The number of piperazine rings is 1. The third-order valence-corrected chi connectivity index (χ3v) is 5.66. The highest BCUT2D eigenvalue weighted by atomic mass is 35.5. The van der Waals surface area contributed by atoms with Gasteiger partial charge in [-0.25, -0.2) is 19.6 Å². The van der Waals surface area contributed by atoms with Crippen molar-refractivity contribution in [2.45, 2.75) is 13.0 Å². The third kappa shape index (κ3) is 5.00. The molecule has 0 spiro atoms. The van der Waals surface area contributed by atoms with Gasteiger partial charge in [0.25, 0.3) is 0 Å².